The maximum atomic E-state index is 14.3. The van der Waals surface area contributed by atoms with Crippen LogP contribution in [0.4, 0.5) is 4.39 Å². The molecule has 0 bridgehead atoms. The predicted octanol–water partition coefficient (Wildman–Crippen LogP) is 4.37. The zero-order chi connectivity index (χ0) is 16.1. The number of halogens is 1. The topological polar surface area (TPSA) is 31.0 Å². The van der Waals surface area contributed by atoms with Gasteiger partial charge in [0, 0.05) is 6.07 Å². The van der Waals surface area contributed by atoms with Crippen molar-refractivity contribution < 1.29 is 18.6 Å². The van der Waals surface area contributed by atoms with Gasteiger partial charge in [-0.25, -0.2) is 4.39 Å². The van der Waals surface area contributed by atoms with Crippen LogP contribution in [0.15, 0.2) is 12.1 Å². The van der Waals surface area contributed by atoms with Crippen molar-refractivity contribution in [2.24, 2.45) is 5.92 Å². The highest BCUT2D eigenvalue weighted by Crippen LogP contribution is 2.35. The molecular formula is C18H27FO3. The summed E-state index contributed by atoms with van der Waals surface area (Å²) in [5.74, 6) is 1.21. The lowest BCUT2D eigenvalue weighted by Gasteiger charge is -2.16. The largest absolute Gasteiger partial charge is 0.490 e. The maximum Gasteiger partial charge on any atom is 0.164 e. The lowest BCUT2D eigenvalue weighted by molar-refractivity contribution is 0.266. The molecule has 0 aliphatic carbocycles. The first-order valence-electron chi connectivity index (χ1n) is 8.30. The summed E-state index contributed by atoms with van der Waals surface area (Å²) in [6, 6.07) is 3.25. The molecular weight excluding hydrogens is 283 g/mol. The van der Waals surface area contributed by atoms with Gasteiger partial charge in [-0.05, 0) is 43.7 Å². The summed E-state index contributed by atoms with van der Waals surface area (Å²) in [5, 5.41) is 0. The Morgan fingerprint density at radius 3 is 2.18 bits per heavy atom. The van der Waals surface area contributed by atoms with Crippen LogP contribution in [0.3, 0.4) is 0 Å². The van der Waals surface area contributed by atoms with Crippen LogP contribution >= 0.6 is 0 Å². The molecule has 124 valence electrons. The van der Waals surface area contributed by atoms with E-state index in [-0.39, 0.29) is 11.9 Å². The van der Waals surface area contributed by atoms with Gasteiger partial charge in [0.2, 0.25) is 0 Å². The fourth-order valence-corrected chi connectivity index (χ4v) is 2.65. The molecule has 3 unspecified atom stereocenters. The summed E-state index contributed by atoms with van der Waals surface area (Å²) in [4.78, 5) is 0. The molecule has 0 amide bonds. The summed E-state index contributed by atoms with van der Waals surface area (Å²) >= 11 is 0. The summed E-state index contributed by atoms with van der Waals surface area (Å²) in [5.41, 5.74) is 0.671. The van der Waals surface area contributed by atoms with Gasteiger partial charge in [0.1, 0.15) is 5.82 Å². The Bertz CT molecular complexity index is 489. The molecule has 1 aliphatic rings. The zero-order valence-corrected chi connectivity index (χ0v) is 14.0. The van der Waals surface area contributed by atoms with Crippen molar-refractivity contribution in [1.82, 2.24) is 0 Å². The van der Waals surface area contributed by atoms with Gasteiger partial charge in [-0.1, -0.05) is 20.8 Å². The second-order valence-corrected chi connectivity index (χ2v) is 6.07. The van der Waals surface area contributed by atoms with Crippen LogP contribution in [0.5, 0.6) is 11.5 Å². The first-order chi connectivity index (χ1) is 10.6. The molecule has 4 heteroatoms. The van der Waals surface area contributed by atoms with Crippen LogP contribution in [0, 0.1) is 11.7 Å². The van der Waals surface area contributed by atoms with Crippen LogP contribution in [-0.2, 0) is 11.2 Å². The molecule has 0 aromatic heterocycles. The van der Waals surface area contributed by atoms with E-state index < -0.39 is 0 Å². The quantitative estimate of drug-likeness (QED) is 0.635. The third-order valence-electron chi connectivity index (χ3n) is 3.90. The Balaban J connectivity index is 2.14. The number of benzene rings is 1. The van der Waals surface area contributed by atoms with Crippen molar-refractivity contribution in [3.63, 3.8) is 0 Å². The molecule has 1 aliphatic heterocycles. The highest BCUT2D eigenvalue weighted by atomic mass is 19.1. The Morgan fingerprint density at radius 2 is 1.68 bits per heavy atom. The van der Waals surface area contributed by atoms with Gasteiger partial charge >= 0.3 is 0 Å². The molecule has 0 radical (unpaired) electrons. The maximum absolute atomic E-state index is 14.3. The van der Waals surface area contributed by atoms with Gasteiger partial charge in [-0.15, -0.1) is 0 Å². The second-order valence-electron chi connectivity index (χ2n) is 6.07. The molecule has 0 N–H and O–H groups in total. The van der Waals surface area contributed by atoms with Gasteiger partial charge < -0.3 is 14.2 Å². The fraction of sp³-hybridized carbons (Fsp3) is 0.667. The molecule has 1 aromatic carbocycles. The van der Waals surface area contributed by atoms with Gasteiger partial charge in [-0.2, -0.15) is 0 Å². The predicted molar refractivity (Wildman–Crippen MR) is 85.2 cm³/mol. The number of epoxide rings is 1. The summed E-state index contributed by atoms with van der Waals surface area (Å²) < 4.78 is 31.2. The molecule has 1 aromatic rings. The lowest BCUT2D eigenvalue weighted by atomic mass is 9.96. The molecule has 1 heterocycles. The first kappa shape index (κ1) is 17.1. The average Bonchev–Trinajstić information content (AvgIpc) is 3.23. The molecule has 0 spiro atoms. The normalized spacial score (nSPS) is 21.5. The summed E-state index contributed by atoms with van der Waals surface area (Å²) in [7, 11) is 0. The standard InChI is InChI=1S/C18H27FO3/c1-5-7-20-16-10-14(9-12(3)18-13(4)22-18)15(19)11-17(16)21-8-6-2/h10-13,18H,5-9H2,1-4H3. The van der Waals surface area contributed by atoms with Gasteiger partial charge in [0.25, 0.3) is 0 Å². The van der Waals surface area contributed by atoms with E-state index in [4.69, 9.17) is 14.2 Å². The monoisotopic (exact) mass is 310 g/mol. The minimum absolute atomic E-state index is 0.227. The van der Waals surface area contributed by atoms with Crippen molar-refractivity contribution in [3.8, 4) is 11.5 Å². The molecule has 22 heavy (non-hydrogen) atoms. The fourth-order valence-electron chi connectivity index (χ4n) is 2.65. The van der Waals surface area contributed by atoms with E-state index in [1.165, 1.54) is 6.07 Å². The number of rotatable bonds is 9. The smallest absolute Gasteiger partial charge is 0.164 e. The van der Waals surface area contributed by atoms with Crippen LogP contribution in [0.2, 0.25) is 0 Å². The molecule has 1 fully saturated rings. The molecule has 2 rings (SSSR count). The molecule has 0 saturated carbocycles. The molecule has 3 nitrogen and oxygen atoms in total. The Labute approximate surface area is 132 Å². The minimum atomic E-state index is -0.227. The number of ether oxygens (including phenoxy) is 3. The Kier molecular flexibility index (Phi) is 6.07. The molecule has 3 atom stereocenters. The van der Waals surface area contributed by atoms with E-state index in [0.717, 1.165) is 12.8 Å². The van der Waals surface area contributed by atoms with Crippen LogP contribution < -0.4 is 9.47 Å². The van der Waals surface area contributed by atoms with Gasteiger partial charge in [-0.3, -0.25) is 0 Å². The third-order valence-corrected chi connectivity index (χ3v) is 3.90. The minimum Gasteiger partial charge on any atom is -0.490 e. The summed E-state index contributed by atoms with van der Waals surface area (Å²) in [6.45, 7) is 9.38. The van der Waals surface area contributed by atoms with Crippen LogP contribution in [0.25, 0.3) is 0 Å². The zero-order valence-electron chi connectivity index (χ0n) is 14.0. The van der Waals surface area contributed by atoms with E-state index in [0.29, 0.717) is 48.7 Å². The highest BCUT2D eigenvalue weighted by Gasteiger charge is 2.39. The van der Waals surface area contributed by atoms with Crippen molar-refractivity contribution in [3.05, 3.63) is 23.5 Å². The second kappa shape index (κ2) is 7.82. The SMILES string of the molecule is CCCOc1cc(F)c(CC(C)C2OC2C)cc1OCCC. The first-order valence-corrected chi connectivity index (χ1v) is 8.30. The van der Waals surface area contributed by atoms with E-state index in [9.17, 15) is 4.39 Å². The van der Waals surface area contributed by atoms with Crippen LogP contribution in [0.1, 0.15) is 46.1 Å². The van der Waals surface area contributed by atoms with E-state index in [2.05, 4.69) is 13.8 Å². The summed E-state index contributed by atoms with van der Waals surface area (Å²) in [6.07, 6.45) is 2.97. The van der Waals surface area contributed by atoms with Gasteiger partial charge in [0.05, 0.1) is 25.4 Å². The Hall–Kier alpha value is -1.29. The van der Waals surface area contributed by atoms with Crippen molar-refractivity contribution in [2.45, 2.75) is 59.2 Å². The highest BCUT2D eigenvalue weighted by molar-refractivity contribution is 5.44. The van der Waals surface area contributed by atoms with Crippen molar-refractivity contribution in [2.75, 3.05) is 13.2 Å². The lowest BCUT2D eigenvalue weighted by Crippen LogP contribution is -2.11. The molecule has 1 saturated heterocycles. The van der Waals surface area contributed by atoms with E-state index in [1.54, 1.807) is 6.07 Å². The van der Waals surface area contributed by atoms with Crippen molar-refractivity contribution in [1.29, 1.82) is 0 Å². The number of hydrogen-bond donors (Lipinski definition) is 0. The third kappa shape index (κ3) is 4.35. The number of hydrogen-bond acceptors (Lipinski definition) is 3. The van der Waals surface area contributed by atoms with Gasteiger partial charge in [0.15, 0.2) is 11.5 Å². The van der Waals surface area contributed by atoms with Crippen LogP contribution in [-0.4, -0.2) is 25.4 Å². The Morgan fingerprint density at radius 1 is 1.14 bits per heavy atom. The van der Waals surface area contributed by atoms with Crippen molar-refractivity contribution >= 4 is 0 Å². The average molecular weight is 310 g/mol. The van der Waals surface area contributed by atoms with E-state index in [1.807, 2.05) is 13.8 Å². The van der Waals surface area contributed by atoms with E-state index >= 15 is 0 Å².